The van der Waals surface area contributed by atoms with Crippen LogP contribution in [0.3, 0.4) is 0 Å². The third-order valence-electron chi connectivity index (χ3n) is 6.45. The minimum Gasteiger partial charge on any atom is -0.312 e. The van der Waals surface area contributed by atoms with Gasteiger partial charge in [-0.15, -0.1) is 10.2 Å². The number of benzene rings is 2. The van der Waals surface area contributed by atoms with Crippen molar-refractivity contribution in [1.82, 2.24) is 10.2 Å². The van der Waals surface area contributed by atoms with E-state index >= 15 is 0 Å². The van der Waals surface area contributed by atoms with Gasteiger partial charge in [0.15, 0.2) is 0 Å². The minimum absolute atomic E-state index is 0.00336. The summed E-state index contributed by atoms with van der Waals surface area (Å²) < 4.78 is 0. The highest BCUT2D eigenvalue weighted by molar-refractivity contribution is 7.15. The third-order valence-corrected chi connectivity index (χ3v) is 7.86. The van der Waals surface area contributed by atoms with Crippen LogP contribution in [-0.2, 0) is 14.4 Å². The van der Waals surface area contributed by atoms with Gasteiger partial charge in [-0.25, -0.2) is 0 Å². The summed E-state index contributed by atoms with van der Waals surface area (Å²) in [6.45, 7) is 4.70. The van der Waals surface area contributed by atoms with Gasteiger partial charge in [-0.05, 0) is 43.7 Å². The van der Waals surface area contributed by atoms with Crippen molar-refractivity contribution in [1.29, 1.82) is 0 Å². The molecule has 2 aromatic carbocycles. The highest BCUT2D eigenvalue weighted by Gasteiger charge is 2.37. The van der Waals surface area contributed by atoms with Gasteiger partial charge in [-0.1, -0.05) is 46.7 Å². The molecule has 0 spiro atoms. The number of rotatable bonds is 5. The quantitative estimate of drug-likeness (QED) is 0.552. The molecule has 0 radical (unpaired) electrons. The summed E-state index contributed by atoms with van der Waals surface area (Å²) in [6.07, 6.45) is 0.466. The smallest absolute Gasteiger partial charge is 0.231 e. The largest absolute Gasteiger partial charge is 0.312 e. The molecule has 35 heavy (non-hydrogen) atoms. The molecular weight excluding hydrogens is 486 g/mol. The molecule has 3 aromatic rings. The Morgan fingerprint density at radius 2 is 1.66 bits per heavy atom. The molecule has 3 heterocycles. The van der Waals surface area contributed by atoms with Crippen LogP contribution in [0.25, 0.3) is 0 Å². The van der Waals surface area contributed by atoms with Gasteiger partial charge in [0.05, 0.1) is 5.92 Å². The number of nitrogens with zero attached hydrogens (tertiary/aromatic N) is 4. The van der Waals surface area contributed by atoms with E-state index in [0.29, 0.717) is 34.7 Å². The van der Waals surface area contributed by atoms with Crippen molar-refractivity contribution in [2.75, 3.05) is 28.2 Å². The zero-order valence-corrected chi connectivity index (χ0v) is 20.9. The predicted octanol–water partition coefficient (Wildman–Crippen LogP) is 4.32. The molecule has 1 N–H and O–H groups in total. The van der Waals surface area contributed by atoms with E-state index in [1.54, 1.807) is 15.9 Å². The van der Waals surface area contributed by atoms with Gasteiger partial charge >= 0.3 is 0 Å². The van der Waals surface area contributed by atoms with Crippen LogP contribution in [0.2, 0.25) is 5.02 Å². The first-order valence-corrected chi connectivity index (χ1v) is 12.6. The van der Waals surface area contributed by atoms with Gasteiger partial charge in [0.1, 0.15) is 5.01 Å². The number of aromatic nitrogens is 2. The van der Waals surface area contributed by atoms with Crippen LogP contribution in [0.15, 0.2) is 42.5 Å². The monoisotopic (exact) mass is 509 g/mol. The average molecular weight is 510 g/mol. The SMILES string of the molecule is Cc1ccc(N2CC(C(=O)Nc3nnc(C4CC(=O)N(c5ccc(C)c(Cl)c5)C4)s3)CC2=O)cc1. The van der Waals surface area contributed by atoms with E-state index in [9.17, 15) is 14.4 Å². The Morgan fingerprint density at radius 3 is 2.40 bits per heavy atom. The molecule has 0 aliphatic carbocycles. The fourth-order valence-corrected chi connectivity index (χ4v) is 5.40. The minimum atomic E-state index is -0.467. The van der Waals surface area contributed by atoms with Crippen LogP contribution < -0.4 is 15.1 Å². The summed E-state index contributed by atoms with van der Waals surface area (Å²) in [5, 5.41) is 12.8. The normalized spacial score (nSPS) is 20.1. The van der Waals surface area contributed by atoms with Gasteiger partial charge in [0.25, 0.3) is 0 Å². The number of carbonyl (C=O) groups is 3. The van der Waals surface area contributed by atoms with E-state index in [-0.39, 0.29) is 30.1 Å². The Hall–Kier alpha value is -3.30. The van der Waals surface area contributed by atoms with Gasteiger partial charge in [-0.3, -0.25) is 14.4 Å². The first-order chi connectivity index (χ1) is 16.8. The van der Waals surface area contributed by atoms with Gasteiger partial charge in [0.2, 0.25) is 22.9 Å². The maximum atomic E-state index is 12.8. The molecule has 180 valence electrons. The lowest BCUT2D eigenvalue weighted by molar-refractivity contribution is -0.122. The number of hydrogen-bond donors (Lipinski definition) is 1. The molecule has 8 nitrogen and oxygen atoms in total. The Balaban J connectivity index is 1.22. The highest BCUT2D eigenvalue weighted by atomic mass is 35.5. The van der Waals surface area contributed by atoms with E-state index < -0.39 is 5.92 Å². The van der Waals surface area contributed by atoms with Crippen LogP contribution in [0.5, 0.6) is 0 Å². The number of anilines is 3. The van der Waals surface area contributed by atoms with Crippen molar-refractivity contribution in [3.63, 3.8) is 0 Å². The van der Waals surface area contributed by atoms with E-state index in [1.165, 1.54) is 11.3 Å². The Kier molecular flexibility index (Phi) is 6.29. The molecule has 2 unspecified atom stereocenters. The molecule has 2 atom stereocenters. The number of aryl methyl sites for hydroxylation is 2. The summed E-state index contributed by atoms with van der Waals surface area (Å²) in [5.41, 5.74) is 3.61. The second kappa shape index (κ2) is 9.39. The van der Waals surface area contributed by atoms with E-state index in [2.05, 4.69) is 15.5 Å². The highest BCUT2D eigenvalue weighted by Crippen LogP contribution is 2.36. The summed E-state index contributed by atoms with van der Waals surface area (Å²) >= 11 is 7.50. The molecule has 2 aliphatic heterocycles. The van der Waals surface area contributed by atoms with Crippen molar-refractivity contribution in [2.45, 2.75) is 32.6 Å². The first kappa shape index (κ1) is 23.4. The Bertz CT molecular complexity index is 1310. The Morgan fingerprint density at radius 1 is 0.971 bits per heavy atom. The number of carbonyl (C=O) groups excluding carboxylic acids is 3. The summed E-state index contributed by atoms with van der Waals surface area (Å²) in [7, 11) is 0. The number of hydrogen-bond acceptors (Lipinski definition) is 6. The lowest BCUT2D eigenvalue weighted by Gasteiger charge is -2.17. The summed E-state index contributed by atoms with van der Waals surface area (Å²) in [6, 6.07) is 13.2. The first-order valence-electron chi connectivity index (χ1n) is 11.4. The number of nitrogens with one attached hydrogen (secondary N) is 1. The van der Waals surface area contributed by atoms with Crippen LogP contribution >= 0.6 is 22.9 Å². The lowest BCUT2D eigenvalue weighted by Crippen LogP contribution is -2.28. The Labute approximate surface area is 211 Å². The zero-order chi connectivity index (χ0) is 24.7. The summed E-state index contributed by atoms with van der Waals surface area (Å²) in [5.74, 6) is -0.917. The van der Waals surface area contributed by atoms with E-state index in [1.807, 2.05) is 50.2 Å². The average Bonchev–Trinajstić information content (AvgIpc) is 3.55. The molecule has 10 heteroatoms. The molecule has 5 rings (SSSR count). The molecular formula is C25H24ClN5O3S. The topological polar surface area (TPSA) is 95.5 Å². The van der Waals surface area contributed by atoms with Crippen molar-refractivity contribution >= 4 is 57.2 Å². The molecule has 0 saturated carbocycles. The second-order valence-corrected chi connectivity index (χ2v) is 10.4. The molecule has 2 fully saturated rings. The van der Waals surface area contributed by atoms with Crippen LogP contribution in [0.1, 0.15) is 34.9 Å². The van der Waals surface area contributed by atoms with Crippen LogP contribution in [0.4, 0.5) is 16.5 Å². The van der Waals surface area contributed by atoms with Crippen molar-refractivity contribution < 1.29 is 14.4 Å². The molecule has 0 bridgehead atoms. The second-order valence-electron chi connectivity index (χ2n) is 9.01. The predicted molar refractivity (Wildman–Crippen MR) is 136 cm³/mol. The third kappa shape index (κ3) is 4.78. The molecule has 1 aromatic heterocycles. The zero-order valence-electron chi connectivity index (χ0n) is 19.3. The van der Waals surface area contributed by atoms with Crippen molar-refractivity contribution in [3.05, 3.63) is 63.6 Å². The van der Waals surface area contributed by atoms with Gasteiger partial charge in [-0.2, -0.15) is 0 Å². The van der Waals surface area contributed by atoms with Gasteiger partial charge < -0.3 is 15.1 Å². The maximum absolute atomic E-state index is 12.8. The summed E-state index contributed by atoms with van der Waals surface area (Å²) in [4.78, 5) is 41.3. The van der Waals surface area contributed by atoms with E-state index in [4.69, 9.17) is 11.6 Å². The van der Waals surface area contributed by atoms with Crippen LogP contribution in [-0.4, -0.2) is 41.0 Å². The molecule has 2 saturated heterocycles. The lowest BCUT2D eigenvalue weighted by atomic mass is 10.1. The fourth-order valence-electron chi connectivity index (χ4n) is 4.39. The van der Waals surface area contributed by atoms with E-state index in [0.717, 1.165) is 22.5 Å². The molecule has 3 amide bonds. The maximum Gasteiger partial charge on any atom is 0.231 e. The van der Waals surface area contributed by atoms with Crippen LogP contribution in [0, 0.1) is 19.8 Å². The number of amides is 3. The number of halogens is 1. The standard InChI is InChI=1S/C25H24ClN5O3S/c1-14-3-6-18(7-4-14)30-12-16(9-21(30)32)23(34)27-25-29-28-24(35-25)17-10-22(33)31(13-17)19-8-5-15(2)20(26)11-19/h3-8,11,16-17H,9-10,12-13H2,1-2H3,(H,27,29,34). The molecule has 2 aliphatic rings. The van der Waals surface area contributed by atoms with Gasteiger partial charge in [0, 0.05) is 48.2 Å². The van der Waals surface area contributed by atoms with Crippen molar-refractivity contribution in [2.24, 2.45) is 5.92 Å². The van der Waals surface area contributed by atoms with Crippen molar-refractivity contribution in [3.8, 4) is 0 Å². The fraction of sp³-hybridized carbons (Fsp3) is 0.320.